The lowest BCUT2D eigenvalue weighted by atomic mass is 10.0. The highest BCUT2D eigenvalue weighted by Crippen LogP contribution is 2.43. The monoisotopic (exact) mass is 335 g/mol. The molecule has 0 fully saturated rings. The Hall–Kier alpha value is -2.07. The number of rotatable bonds is 3. The number of para-hydroxylation sites is 1. The first-order valence-electron chi connectivity index (χ1n) is 6.58. The van der Waals surface area contributed by atoms with Crippen LogP contribution in [0.2, 0.25) is 10.0 Å². The highest BCUT2D eigenvalue weighted by molar-refractivity contribution is 6.36. The highest BCUT2D eigenvalue weighted by Gasteiger charge is 2.24. The van der Waals surface area contributed by atoms with Gasteiger partial charge in [0.1, 0.15) is 12.7 Å². The van der Waals surface area contributed by atoms with Gasteiger partial charge < -0.3 is 9.47 Å². The molecular weight excluding hydrogens is 325 g/mol. The van der Waals surface area contributed by atoms with E-state index < -0.39 is 0 Å². The van der Waals surface area contributed by atoms with Crippen LogP contribution in [-0.4, -0.2) is 19.3 Å². The average Bonchev–Trinajstić information content (AvgIpc) is 2.52. The van der Waals surface area contributed by atoms with Crippen LogP contribution in [0.4, 0.5) is 0 Å². The molecule has 2 aromatic carbocycles. The fourth-order valence-corrected chi connectivity index (χ4v) is 2.78. The normalized spacial score (nSPS) is 16.0. The summed E-state index contributed by atoms with van der Waals surface area (Å²) in [6, 6.07) is 10.9. The lowest BCUT2D eigenvalue weighted by Crippen LogP contribution is -2.31. The van der Waals surface area contributed by atoms with Crippen molar-refractivity contribution in [2.75, 3.05) is 13.2 Å². The van der Waals surface area contributed by atoms with Crippen LogP contribution in [0.1, 0.15) is 0 Å². The lowest BCUT2D eigenvalue weighted by molar-refractivity contribution is 0.0977. The zero-order chi connectivity index (χ0) is 15.5. The van der Waals surface area contributed by atoms with E-state index in [1.807, 2.05) is 24.3 Å². The van der Waals surface area contributed by atoms with E-state index in [1.165, 1.54) is 0 Å². The van der Waals surface area contributed by atoms with Crippen molar-refractivity contribution in [1.29, 1.82) is 0 Å². The summed E-state index contributed by atoms with van der Waals surface area (Å²) in [5.74, 6) is 1.23. The number of azide groups is 1. The van der Waals surface area contributed by atoms with Crippen LogP contribution < -0.4 is 9.47 Å². The Balaban J connectivity index is 2.02. The molecule has 0 aromatic heterocycles. The Morgan fingerprint density at radius 1 is 1.23 bits per heavy atom. The molecule has 5 nitrogen and oxygen atoms in total. The predicted octanol–water partition coefficient (Wildman–Crippen LogP) is 5.11. The minimum atomic E-state index is -0.323. The summed E-state index contributed by atoms with van der Waals surface area (Å²) in [7, 11) is 0. The van der Waals surface area contributed by atoms with E-state index in [0.717, 1.165) is 11.1 Å². The standard InChI is InChI=1S/C15H11Cl2N3O2/c16-9-4-5-11(13(17)6-9)12-2-1-3-14-15(12)22-10(8-21-14)7-19-20-18/h1-6,10H,7-8H2. The number of hydrogen-bond donors (Lipinski definition) is 0. The quantitative estimate of drug-likeness (QED) is 0.444. The zero-order valence-electron chi connectivity index (χ0n) is 11.4. The molecule has 0 bridgehead atoms. The average molecular weight is 336 g/mol. The Morgan fingerprint density at radius 3 is 2.86 bits per heavy atom. The molecule has 0 spiro atoms. The van der Waals surface area contributed by atoms with Gasteiger partial charge in [-0.3, -0.25) is 0 Å². The Morgan fingerprint density at radius 2 is 2.09 bits per heavy atom. The minimum absolute atomic E-state index is 0.207. The maximum absolute atomic E-state index is 8.42. The summed E-state index contributed by atoms with van der Waals surface area (Å²) in [5, 5.41) is 4.63. The number of benzene rings is 2. The molecule has 0 aliphatic carbocycles. The van der Waals surface area contributed by atoms with Gasteiger partial charge in [0, 0.05) is 21.1 Å². The van der Waals surface area contributed by atoms with Crippen LogP contribution in [0.25, 0.3) is 21.6 Å². The van der Waals surface area contributed by atoms with Crippen LogP contribution in [0, 0.1) is 0 Å². The molecule has 0 radical (unpaired) electrons. The summed E-state index contributed by atoms with van der Waals surface area (Å²) < 4.78 is 11.6. The molecule has 0 amide bonds. The number of halogens is 2. The SMILES string of the molecule is [N-]=[N+]=NCC1COc2cccc(-c3ccc(Cl)cc3Cl)c2O1. The molecule has 3 rings (SSSR count). The number of nitrogens with zero attached hydrogens (tertiary/aromatic N) is 3. The van der Waals surface area contributed by atoms with E-state index in [-0.39, 0.29) is 12.6 Å². The Kier molecular flexibility index (Phi) is 4.29. The lowest BCUT2D eigenvalue weighted by Gasteiger charge is -2.27. The Bertz CT molecular complexity index is 760. The molecule has 1 aliphatic rings. The van der Waals surface area contributed by atoms with Gasteiger partial charge in [-0.2, -0.15) is 0 Å². The fourth-order valence-electron chi connectivity index (χ4n) is 2.27. The molecule has 1 atom stereocenters. The molecule has 0 saturated carbocycles. The van der Waals surface area contributed by atoms with Crippen molar-refractivity contribution in [3.8, 4) is 22.6 Å². The summed E-state index contributed by atoms with van der Waals surface area (Å²) in [4.78, 5) is 2.74. The summed E-state index contributed by atoms with van der Waals surface area (Å²) in [6.07, 6.45) is -0.323. The molecule has 1 aliphatic heterocycles. The molecule has 7 heteroatoms. The minimum Gasteiger partial charge on any atom is -0.486 e. The van der Waals surface area contributed by atoms with Gasteiger partial charge in [-0.1, -0.05) is 46.5 Å². The summed E-state index contributed by atoms with van der Waals surface area (Å²) >= 11 is 12.2. The molecular formula is C15H11Cl2N3O2. The summed E-state index contributed by atoms with van der Waals surface area (Å²) in [6.45, 7) is 0.544. The predicted molar refractivity (Wildman–Crippen MR) is 85.8 cm³/mol. The smallest absolute Gasteiger partial charge is 0.169 e. The van der Waals surface area contributed by atoms with Crippen LogP contribution in [0.3, 0.4) is 0 Å². The Labute approximate surface area is 137 Å². The fraction of sp³-hybridized carbons (Fsp3) is 0.200. The van der Waals surface area contributed by atoms with Crippen molar-refractivity contribution in [1.82, 2.24) is 0 Å². The second-order valence-corrected chi connectivity index (χ2v) is 5.56. The van der Waals surface area contributed by atoms with E-state index in [0.29, 0.717) is 28.2 Å². The van der Waals surface area contributed by atoms with Crippen molar-refractivity contribution in [2.24, 2.45) is 5.11 Å². The molecule has 0 saturated heterocycles. The maximum atomic E-state index is 8.42. The van der Waals surface area contributed by atoms with Gasteiger partial charge in [-0.05, 0) is 23.7 Å². The van der Waals surface area contributed by atoms with Gasteiger partial charge >= 0.3 is 0 Å². The third kappa shape index (κ3) is 2.92. The molecule has 2 aromatic rings. The first-order chi connectivity index (χ1) is 10.7. The molecule has 0 N–H and O–H groups in total. The van der Waals surface area contributed by atoms with Gasteiger partial charge in [-0.25, -0.2) is 0 Å². The van der Waals surface area contributed by atoms with Crippen LogP contribution >= 0.6 is 23.2 Å². The van der Waals surface area contributed by atoms with E-state index in [2.05, 4.69) is 10.0 Å². The summed E-state index contributed by atoms with van der Waals surface area (Å²) in [5.41, 5.74) is 10.0. The van der Waals surface area contributed by atoms with Gasteiger partial charge in [0.25, 0.3) is 0 Å². The van der Waals surface area contributed by atoms with Crippen molar-refractivity contribution >= 4 is 23.2 Å². The van der Waals surface area contributed by atoms with E-state index >= 15 is 0 Å². The maximum Gasteiger partial charge on any atom is 0.169 e. The highest BCUT2D eigenvalue weighted by atomic mass is 35.5. The third-order valence-electron chi connectivity index (χ3n) is 3.26. The molecule has 22 heavy (non-hydrogen) atoms. The molecule has 1 unspecified atom stereocenters. The second-order valence-electron chi connectivity index (χ2n) is 4.72. The van der Waals surface area contributed by atoms with Crippen molar-refractivity contribution in [2.45, 2.75) is 6.10 Å². The number of fused-ring (bicyclic) bond motifs is 1. The van der Waals surface area contributed by atoms with E-state index in [4.69, 9.17) is 38.2 Å². The van der Waals surface area contributed by atoms with Crippen LogP contribution in [0.15, 0.2) is 41.5 Å². The van der Waals surface area contributed by atoms with E-state index in [1.54, 1.807) is 12.1 Å². The van der Waals surface area contributed by atoms with Gasteiger partial charge in [0.15, 0.2) is 11.5 Å². The second kappa shape index (κ2) is 6.36. The van der Waals surface area contributed by atoms with Crippen LogP contribution in [-0.2, 0) is 0 Å². The first-order valence-corrected chi connectivity index (χ1v) is 7.33. The largest absolute Gasteiger partial charge is 0.486 e. The van der Waals surface area contributed by atoms with Gasteiger partial charge in [0.05, 0.1) is 11.6 Å². The van der Waals surface area contributed by atoms with Crippen molar-refractivity contribution < 1.29 is 9.47 Å². The van der Waals surface area contributed by atoms with Crippen molar-refractivity contribution in [3.63, 3.8) is 0 Å². The topological polar surface area (TPSA) is 67.2 Å². The van der Waals surface area contributed by atoms with Crippen LogP contribution in [0.5, 0.6) is 11.5 Å². The zero-order valence-corrected chi connectivity index (χ0v) is 12.9. The number of ether oxygens (including phenoxy) is 2. The third-order valence-corrected chi connectivity index (χ3v) is 3.81. The first kappa shape index (κ1) is 14.9. The molecule has 112 valence electrons. The number of hydrogen-bond acceptors (Lipinski definition) is 3. The van der Waals surface area contributed by atoms with E-state index in [9.17, 15) is 0 Å². The van der Waals surface area contributed by atoms with Gasteiger partial charge in [0.2, 0.25) is 0 Å². The van der Waals surface area contributed by atoms with Crippen molar-refractivity contribution in [3.05, 3.63) is 56.9 Å². The molecule has 1 heterocycles. The van der Waals surface area contributed by atoms with Gasteiger partial charge in [-0.15, -0.1) is 0 Å².